The Balaban J connectivity index is 0. The number of aliphatic carboxylic acids is 2. The van der Waals surface area contributed by atoms with Gasteiger partial charge in [-0.1, -0.05) is 0 Å². The van der Waals surface area contributed by atoms with Crippen molar-refractivity contribution in [3.63, 3.8) is 0 Å². The summed E-state index contributed by atoms with van der Waals surface area (Å²) >= 11 is 0. The molecule has 0 atom stereocenters. The average Bonchev–Trinajstić information content (AvgIpc) is 1.63. The van der Waals surface area contributed by atoms with Crippen LogP contribution in [0.25, 0.3) is 0 Å². The molecule has 0 aromatic rings. The van der Waals surface area contributed by atoms with Gasteiger partial charge < -0.3 is 24.5 Å². The maximum Gasteiger partial charge on any atom is 2.00 e. The van der Waals surface area contributed by atoms with Crippen molar-refractivity contribution in [1.82, 2.24) is 0 Å². The molecule has 0 aromatic carbocycles. The minimum absolute atomic E-state index is 0. The normalized spacial score (nSPS) is 8.00. The Morgan fingerprint density at radius 1 is 1.10 bits per heavy atom. The first-order chi connectivity index (χ1) is 4.13. The standard InChI is InChI=1S/C4H6O5.Zn/c5-3(6)1-9-2-4(7)8;/h1-2H2,(H,5,6)(H,7,8);/q;+2/p-2. The Bertz CT molecular complexity index is 109. The predicted molar refractivity (Wildman–Crippen MR) is 20.8 cm³/mol. The minimum Gasteiger partial charge on any atom is -0.548 e. The van der Waals surface area contributed by atoms with E-state index in [-0.39, 0.29) is 19.5 Å². The van der Waals surface area contributed by atoms with Crippen molar-refractivity contribution in [2.75, 3.05) is 13.2 Å². The second-order valence-corrected chi connectivity index (χ2v) is 1.24. The fourth-order valence-corrected chi connectivity index (χ4v) is 0.218. The van der Waals surface area contributed by atoms with E-state index >= 15 is 0 Å². The van der Waals surface area contributed by atoms with E-state index in [1.54, 1.807) is 0 Å². The molecule has 0 spiro atoms. The maximum absolute atomic E-state index is 9.53. The van der Waals surface area contributed by atoms with Crippen molar-refractivity contribution in [3.05, 3.63) is 0 Å². The number of rotatable bonds is 4. The molecule has 10 heavy (non-hydrogen) atoms. The van der Waals surface area contributed by atoms with Gasteiger partial charge in [-0.15, -0.1) is 0 Å². The first-order valence-corrected chi connectivity index (χ1v) is 2.10. The maximum atomic E-state index is 9.53. The van der Waals surface area contributed by atoms with Gasteiger partial charge in [0.2, 0.25) is 0 Å². The van der Waals surface area contributed by atoms with Crippen LogP contribution < -0.4 is 10.2 Å². The SMILES string of the molecule is O=C([O-])COCC(=O)[O-].[Zn+2]. The quantitative estimate of drug-likeness (QED) is 0.436. The second kappa shape index (κ2) is 6.64. The topological polar surface area (TPSA) is 89.5 Å². The van der Waals surface area contributed by atoms with Crippen LogP contribution in [-0.4, -0.2) is 25.2 Å². The van der Waals surface area contributed by atoms with Gasteiger partial charge in [-0.05, 0) is 0 Å². The van der Waals surface area contributed by atoms with E-state index in [9.17, 15) is 19.8 Å². The first kappa shape index (κ1) is 12.2. The molecular formula is C4H4O5Zn. The van der Waals surface area contributed by atoms with Gasteiger partial charge in [0.15, 0.2) is 0 Å². The van der Waals surface area contributed by atoms with E-state index in [1.807, 2.05) is 0 Å². The van der Waals surface area contributed by atoms with Crippen molar-refractivity contribution in [3.8, 4) is 0 Å². The van der Waals surface area contributed by atoms with Gasteiger partial charge in [0, 0.05) is 0 Å². The van der Waals surface area contributed by atoms with Gasteiger partial charge in [-0.25, -0.2) is 0 Å². The van der Waals surface area contributed by atoms with Gasteiger partial charge in [0.25, 0.3) is 0 Å². The van der Waals surface area contributed by atoms with E-state index in [1.165, 1.54) is 0 Å². The molecule has 0 amide bonds. The number of hydrogen-bond donors (Lipinski definition) is 0. The van der Waals surface area contributed by atoms with Gasteiger partial charge in [0.1, 0.15) is 0 Å². The van der Waals surface area contributed by atoms with Crippen LogP contribution >= 0.6 is 0 Å². The average molecular weight is 197 g/mol. The molecule has 0 unspecified atom stereocenters. The molecule has 5 nitrogen and oxygen atoms in total. The van der Waals surface area contributed by atoms with Crippen molar-refractivity contribution in [2.45, 2.75) is 0 Å². The third-order valence-corrected chi connectivity index (χ3v) is 0.440. The van der Waals surface area contributed by atoms with Crippen molar-refractivity contribution in [2.24, 2.45) is 0 Å². The Morgan fingerprint density at radius 2 is 1.40 bits per heavy atom. The number of carboxylic acid groups (broad SMARTS) is 2. The van der Waals surface area contributed by atoms with Crippen LogP contribution in [0.4, 0.5) is 0 Å². The Morgan fingerprint density at radius 3 is 1.60 bits per heavy atom. The number of carboxylic acids is 2. The summed E-state index contributed by atoms with van der Waals surface area (Å²) in [5.41, 5.74) is 0. The van der Waals surface area contributed by atoms with Crippen LogP contribution in [-0.2, 0) is 33.8 Å². The van der Waals surface area contributed by atoms with Crippen LogP contribution in [0, 0.1) is 0 Å². The first-order valence-electron chi connectivity index (χ1n) is 2.10. The third kappa shape index (κ3) is 10.5. The molecule has 0 aliphatic carbocycles. The molecule has 0 rings (SSSR count). The number of carbonyl (C=O) groups excluding carboxylic acids is 2. The van der Waals surface area contributed by atoms with E-state index in [2.05, 4.69) is 4.74 Å². The zero-order valence-electron chi connectivity index (χ0n) is 5.16. The molecule has 0 radical (unpaired) electrons. The van der Waals surface area contributed by atoms with Gasteiger partial charge >= 0.3 is 19.5 Å². The number of hydrogen-bond acceptors (Lipinski definition) is 5. The molecule has 6 heteroatoms. The van der Waals surface area contributed by atoms with E-state index in [4.69, 9.17) is 0 Å². The van der Waals surface area contributed by atoms with Gasteiger partial charge in [0.05, 0.1) is 25.2 Å². The van der Waals surface area contributed by atoms with Crippen LogP contribution in [0.1, 0.15) is 0 Å². The molecule has 0 saturated carbocycles. The summed E-state index contributed by atoms with van der Waals surface area (Å²) in [6, 6.07) is 0. The molecule has 0 aliphatic rings. The smallest absolute Gasteiger partial charge is 0.548 e. The molecule has 0 saturated heterocycles. The summed E-state index contributed by atoms with van der Waals surface area (Å²) in [7, 11) is 0. The Hall–Kier alpha value is -0.477. The second-order valence-electron chi connectivity index (χ2n) is 1.24. The molecule has 0 heterocycles. The summed E-state index contributed by atoms with van der Waals surface area (Å²) in [6.45, 7) is -1.43. The summed E-state index contributed by atoms with van der Waals surface area (Å²) in [5.74, 6) is -2.90. The fraction of sp³-hybridized carbons (Fsp3) is 0.500. The monoisotopic (exact) mass is 196 g/mol. The van der Waals surface area contributed by atoms with E-state index < -0.39 is 25.2 Å². The van der Waals surface area contributed by atoms with Crippen molar-refractivity contribution in [1.29, 1.82) is 0 Å². The summed E-state index contributed by atoms with van der Waals surface area (Å²) in [4.78, 5) is 19.1. The zero-order valence-corrected chi connectivity index (χ0v) is 8.13. The molecule has 52 valence electrons. The predicted octanol–water partition coefficient (Wildman–Crippen LogP) is -3.50. The Labute approximate surface area is 69.7 Å². The third-order valence-electron chi connectivity index (χ3n) is 0.440. The zero-order chi connectivity index (χ0) is 7.28. The van der Waals surface area contributed by atoms with Crippen LogP contribution in [0.3, 0.4) is 0 Å². The summed E-state index contributed by atoms with van der Waals surface area (Å²) < 4.78 is 4.03. The van der Waals surface area contributed by atoms with Crippen LogP contribution in [0.2, 0.25) is 0 Å². The minimum atomic E-state index is -1.45. The number of ether oxygens (including phenoxy) is 1. The Kier molecular flexibility index (Phi) is 8.12. The molecule has 0 fully saturated rings. The van der Waals surface area contributed by atoms with Crippen molar-refractivity contribution >= 4 is 11.9 Å². The van der Waals surface area contributed by atoms with E-state index in [0.29, 0.717) is 0 Å². The van der Waals surface area contributed by atoms with Crippen LogP contribution in [0.15, 0.2) is 0 Å². The molecular weight excluding hydrogens is 193 g/mol. The fourth-order valence-electron chi connectivity index (χ4n) is 0.218. The molecule has 0 bridgehead atoms. The van der Waals surface area contributed by atoms with E-state index in [0.717, 1.165) is 0 Å². The summed E-state index contributed by atoms with van der Waals surface area (Å²) in [5, 5.41) is 19.1. The van der Waals surface area contributed by atoms with Gasteiger partial charge in [-0.3, -0.25) is 0 Å². The van der Waals surface area contributed by atoms with Crippen molar-refractivity contribution < 1.29 is 44.0 Å². The molecule has 0 aromatic heterocycles. The van der Waals surface area contributed by atoms with Gasteiger partial charge in [-0.2, -0.15) is 0 Å². The van der Waals surface area contributed by atoms with Crippen LogP contribution in [0.5, 0.6) is 0 Å². The molecule has 0 aliphatic heterocycles. The largest absolute Gasteiger partial charge is 2.00 e. The molecule has 0 N–H and O–H groups in total. The number of carbonyl (C=O) groups is 2. The summed E-state index contributed by atoms with van der Waals surface area (Å²) in [6.07, 6.45) is 0.